The number of ether oxygens (including phenoxy) is 1. The Kier molecular flexibility index (Phi) is 7.05. The number of aliphatic hydroxyl groups is 1. The maximum atomic E-state index is 11.5. The largest absolute Gasteiger partial charge is 0.450 e. The first-order chi connectivity index (χ1) is 8.67. The number of rotatable bonds is 6. The first-order valence-electron chi connectivity index (χ1n) is 6.93. The van der Waals surface area contributed by atoms with Gasteiger partial charge in [0.1, 0.15) is 0 Å². The Labute approximate surface area is 109 Å². The first kappa shape index (κ1) is 15.2. The zero-order chi connectivity index (χ0) is 13.4. The smallest absolute Gasteiger partial charge is 0.409 e. The van der Waals surface area contributed by atoms with Crippen LogP contribution in [0.2, 0.25) is 0 Å². The van der Waals surface area contributed by atoms with Crippen LogP contribution in [0.3, 0.4) is 0 Å². The van der Waals surface area contributed by atoms with E-state index in [0.717, 1.165) is 38.9 Å². The Bertz CT molecular complexity index is 240. The molecular formula is C13H26N2O3. The van der Waals surface area contributed by atoms with Crippen molar-refractivity contribution in [1.29, 1.82) is 0 Å². The molecule has 0 spiro atoms. The lowest BCUT2D eigenvalue weighted by atomic mass is 10.0. The number of carbonyl (C=O) groups is 1. The van der Waals surface area contributed by atoms with Gasteiger partial charge in [-0.3, -0.25) is 0 Å². The average molecular weight is 258 g/mol. The highest BCUT2D eigenvalue weighted by Gasteiger charge is 2.23. The van der Waals surface area contributed by atoms with Crippen molar-refractivity contribution in [2.75, 3.05) is 32.8 Å². The van der Waals surface area contributed by atoms with Crippen LogP contribution in [0.1, 0.15) is 33.1 Å². The number of piperidine rings is 1. The van der Waals surface area contributed by atoms with Gasteiger partial charge in [-0.1, -0.05) is 6.92 Å². The molecule has 5 heteroatoms. The number of aliphatic hydroxyl groups excluding tert-OH is 1. The highest BCUT2D eigenvalue weighted by molar-refractivity contribution is 5.67. The molecule has 5 nitrogen and oxygen atoms in total. The molecule has 0 aliphatic carbocycles. The molecule has 0 saturated carbocycles. The van der Waals surface area contributed by atoms with E-state index in [9.17, 15) is 4.79 Å². The molecule has 0 radical (unpaired) electrons. The lowest BCUT2D eigenvalue weighted by Gasteiger charge is -2.32. The molecule has 106 valence electrons. The predicted molar refractivity (Wildman–Crippen MR) is 70.5 cm³/mol. The average Bonchev–Trinajstić information content (AvgIpc) is 2.37. The van der Waals surface area contributed by atoms with Crippen molar-refractivity contribution in [3.8, 4) is 0 Å². The fourth-order valence-electron chi connectivity index (χ4n) is 2.17. The molecule has 1 aliphatic heterocycles. The molecular weight excluding hydrogens is 232 g/mol. The van der Waals surface area contributed by atoms with Gasteiger partial charge in [-0.2, -0.15) is 0 Å². The first-order valence-corrected chi connectivity index (χ1v) is 6.93. The summed E-state index contributed by atoms with van der Waals surface area (Å²) < 4.78 is 4.99. The van der Waals surface area contributed by atoms with Gasteiger partial charge < -0.3 is 20.1 Å². The molecule has 0 aromatic heterocycles. The van der Waals surface area contributed by atoms with Crippen molar-refractivity contribution in [1.82, 2.24) is 10.2 Å². The summed E-state index contributed by atoms with van der Waals surface area (Å²) in [7, 11) is 0. The summed E-state index contributed by atoms with van der Waals surface area (Å²) in [6, 6.07) is 0.483. The highest BCUT2D eigenvalue weighted by Crippen LogP contribution is 2.12. The second-order valence-electron chi connectivity index (χ2n) is 4.99. The van der Waals surface area contributed by atoms with Crippen molar-refractivity contribution in [3.05, 3.63) is 0 Å². The lowest BCUT2D eigenvalue weighted by Crippen LogP contribution is -2.46. The summed E-state index contributed by atoms with van der Waals surface area (Å²) in [6.45, 7) is 7.13. The van der Waals surface area contributed by atoms with Gasteiger partial charge in [0.05, 0.1) is 6.61 Å². The normalized spacial score (nSPS) is 18.7. The monoisotopic (exact) mass is 258 g/mol. The Balaban J connectivity index is 2.17. The molecule has 1 atom stereocenters. The number of amides is 1. The van der Waals surface area contributed by atoms with Crippen molar-refractivity contribution < 1.29 is 14.6 Å². The van der Waals surface area contributed by atoms with Gasteiger partial charge in [-0.05, 0) is 38.6 Å². The van der Waals surface area contributed by atoms with Gasteiger partial charge in [-0.15, -0.1) is 0 Å². The van der Waals surface area contributed by atoms with Crippen LogP contribution in [0.4, 0.5) is 4.79 Å². The molecule has 0 aromatic rings. The predicted octanol–water partition coefficient (Wildman–Crippen LogP) is 1.22. The van der Waals surface area contributed by atoms with Crippen LogP contribution < -0.4 is 5.32 Å². The summed E-state index contributed by atoms with van der Waals surface area (Å²) in [4.78, 5) is 13.3. The third-order valence-electron chi connectivity index (χ3n) is 3.40. The molecule has 1 saturated heterocycles. The van der Waals surface area contributed by atoms with Crippen molar-refractivity contribution in [2.24, 2.45) is 5.92 Å². The zero-order valence-corrected chi connectivity index (χ0v) is 11.5. The summed E-state index contributed by atoms with van der Waals surface area (Å²) in [6.07, 6.45) is 2.61. The van der Waals surface area contributed by atoms with Crippen LogP contribution in [-0.2, 0) is 4.74 Å². The molecule has 1 aliphatic rings. The number of hydrogen-bond donors (Lipinski definition) is 2. The third kappa shape index (κ3) is 5.23. The maximum absolute atomic E-state index is 11.5. The summed E-state index contributed by atoms with van der Waals surface area (Å²) >= 11 is 0. The van der Waals surface area contributed by atoms with E-state index in [2.05, 4.69) is 12.2 Å². The molecule has 1 unspecified atom stereocenters. The minimum Gasteiger partial charge on any atom is -0.450 e. The number of nitrogens with zero attached hydrogens (tertiary/aromatic N) is 1. The van der Waals surface area contributed by atoms with Gasteiger partial charge in [0.15, 0.2) is 0 Å². The van der Waals surface area contributed by atoms with E-state index >= 15 is 0 Å². The fourth-order valence-corrected chi connectivity index (χ4v) is 2.17. The van der Waals surface area contributed by atoms with Crippen LogP contribution in [0.25, 0.3) is 0 Å². The fraction of sp³-hybridized carbons (Fsp3) is 0.923. The maximum Gasteiger partial charge on any atom is 0.409 e. The lowest BCUT2D eigenvalue weighted by molar-refractivity contribution is 0.0947. The van der Waals surface area contributed by atoms with Crippen LogP contribution in [-0.4, -0.2) is 55.0 Å². The molecule has 0 bridgehead atoms. The molecule has 1 rings (SSSR count). The number of carbonyl (C=O) groups excluding carboxylic acids is 1. The molecule has 1 fully saturated rings. The Morgan fingerprint density at radius 2 is 2.17 bits per heavy atom. The quantitative estimate of drug-likeness (QED) is 0.752. The Hall–Kier alpha value is -0.810. The van der Waals surface area contributed by atoms with Crippen molar-refractivity contribution >= 4 is 6.09 Å². The Morgan fingerprint density at radius 3 is 2.72 bits per heavy atom. The highest BCUT2D eigenvalue weighted by atomic mass is 16.6. The van der Waals surface area contributed by atoms with Crippen LogP contribution in [0.15, 0.2) is 0 Å². The van der Waals surface area contributed by atoms with E-state index in [0.29, 0.717) is 18.6 Å². The molecule has 18 heavy (non-hydrogen) atoms. The van der Waals surface area contributed by atoms with Gasteiger partial charge in [0.25, 0.3) is 0 Å². The number of hydrogen-bond acceptors (Lipinski definition) is 4. The van der Waals surface area contributed by atoms with Crippen molar-refractivity contribution in [2.45, 2.75) is 39.2 Å². The number of nitrogens with one attached hydrogen (secondary N) is 1. The molecule has 2 N–H and O–H groups in total. The minimum absolute atomic E-state index is 0.190. The molecule has 0 aromatic carbocycles. The van der Waals surface area contributed by atoms with E-state index < -0.39 is 0 Å². The Morgan fingerprint density at radius 1 is 1.50 bits per heavy atom. The van der Waals surface area contributed by atoms with Gasteiger partial charge in [-0.25, -0.2) is 4.79 Å². The summed E-state index contributed by atoms with van der Waals surface area (Å²) in [5, 5.41) is 12.3. The van der Waals surface area contributed by atoms with Gasteiger partial charge in [0.2, 0.25) is 0 Å². The number of likely N-dealkylation sites (tertiary alicyclic amines) is 1. The zero-order valence-electron chi connectivity index (χ0n) is 11.5. The topological polar surface area (TPSA) is 61.8 Å². The van der Waals surface area contributed by atoms with E-state index in [1.165, 1.54) is 0 Å². The summed E-state index contributed by atoms with van der Waals surface area (Å²) in [5.41, 5.74) is 0. The van der Waals surface area contributed by atoms with E-state index in [4.69, 9.17) is 9.84 Å². The van der Waals surface area contributed by atoms with Gasteiger partial charge >= 0.3 is 6.09 Å². The van der Waals surface area contributed by atoms with Crippen molar-refractivity contribution in [3.63, 3.8) is 0 Å². The van der Waals surface area contributed by atoms with E-state index in [1.807, 2.05) is 6.92 Å². The van der Waals surface area contributed by atoms with Gasteiger partial charge in [0, 0.05) is 25.7 Å². The second kappa shape index (κ2) is 8.32. The van der Waals surface area contributed by atoms with E-state index in [-0.39, 0.29) is 12.7 Å². The molecule has 1 heterocycles. The third-order valence-corrected chi connectivity index (χ3v) is 3.40. The SMILES string of the molecule is CCOC(=O)N1CCC(NCC(C)CCO)CC1. The standard InChI is InChI=1S/C13H26N2O3/c1-3-18-13(17)15-7-4-12(5-8-15)14-10-11(2)6-9-16/h11-12,14,16H,3-10H2,1-2H3. The van der Waals surface area contributed by atoms with Crippen LogP contribution in [0, 0.1) is 5.92 Å². The van der Waals surface area contributed by atoms with E-state index in [1.54, 1.807) is 4.90 Å². The van der Waals surface area contributed by atoms with Crippen LogP contribution in [0.5, 0.6) is 0 Å². The summed E-state index contributed by atoms with van der Waals surface area (Å²) in [5.74, 6) is 0.498. The second-order valence-corrected chi connectivity index (χ2v) is 4.99. The van der Waals surface area contributed by atoms with Crippen LogP contribution >= 0.6 is 0 Å². The minimum atomic E-state index is -0.190. The molecule has 1 amide bonds.